The van der Waals surface area contributed by atoms with Gasteiger partial charge in [-0.15, -0.1) is 0 Å². The zero-order chi connectivity index (χ0) is 18.3. The van der Waals surface area contributed by atoms with Gasteiger partial charge in [0.05, 0.1) is 20.8 Å². The molecule has 0 bridgehead atoms. The van der Waals surface area contributed by atoms with Crippen LogP contribution in [0.5, 0.6) is 11.5 Å². The highest BCUT2D eigenvalue weighted by molar-refractivity contribution is 7.89. The van der Waals surface area contributed by atoms with Gasteiger partial charge in [-0.25, -0.2) is 13.1 Å². The highest BCUT2D eigenvalue weighted by atomic mass is 32.2. The Labute approximate surface area is 148 Å². The number of hydrogen-bond acceptors (Lipinski definition) is 5. The van der Waals surface area contributed by atoms with E-state index in [-0.39, 0.29) is 17.2 Å². The fourth-order valence-electron chi connectivity index (χ4n) is 2.22. The van der Waals surface area contributed by atoms with E-state index in [2.05, 4.69) is 4.72 Å². The molecule has 0 atom stereocenters. The SMILES string of the molecule is CCOCc1ccc(CNS(=O)(=O)c2cc(OC)ccc2OC)cc1. The average Bonchev–Trinajstić information content (AvgIpc) is 2.65. The molecule has 136 valence electrons. The predicted octanol–water partition coefficient (Wildman–Crippen LogP) is 2.72. The van der Waals surface area contributed by atoms with Gasteiger partial charge in [-0.3, -0.25) is 0 Å². The van der Waals surface area contributed by atoms with E-state index in [1.807, 2.05) is 31.2 Å². The van der Waals surface area contributed by atoms with Crippen molar-refractivity contribution in [3.63, 3.8) is 0 Å². The van der Waals surface area contributed by atoms with Gasteiger partial charge in [-0.2, -0.15) is 0 Å². The van der Waals surface area contributed by atoms with E-state index in [1.165, 1.54) is 20.3 Å². The maximum absolute atomic E-state index is 12.6. The summed E-state index contributed by atoms with van der Waals surface area (Å²) in [6.45, 7) is 3.32. The van der Waals surface area contributed by atoms with E-state index in [4.69, 9.17) is 14.2 Å². The molecule has 0 spiro atoms. The van der Waals surface area contributed by atoms with Crippen molar-refractivity contribution in [1.82, 2.24) is 4.72 Å². The summed E-state index contributed by atoms with van der Waals surface area (Å²) in [5.41, 5.74) is 1.90. The normalized spacial score (nSPS) is 11.3. The van der Waals surface area contributed by atoms with Crippen molar-refractivity contribution in [3.05, 3.63) is 53.6 Å². The molecule has 0 heterocycles. The lowest BCUT2D eigenvalue weighted by molar-refractivity contribution is 0.134. The quantitative estimate of drug-likeness (QED) is 0.740. The van der Waals surface area contributed by atoms with Crippen LogP contribution in [0.2, 0.25) is 0 Å². The summed E-state index contributed by atoms with van der Waals surface area (Å²) >= 11 is 0. The summed E-state index contributed by atoms with van der Waals surface area (Å²) in [7, 11) is -0.828. The molecule has 7 heteroatoms. The van der Waals surface area contributed by atoms with Crippen LogP contribution in [0.15, 0.2) is 47.4 Å². The molecule has 2 aromatic carbocycles. The van der Waals surface area contributed by atoms with Crippen molar-refractivity contribution in [2.45, 2.75) is 25.0 Å². The molecule has 0 unspecified atom stereocenters. The molecular formula is C18H23NO5S. The molecule has 25 heavy (non-hydrogen) atoms. The molecule has 0 aliphatic heterocycles. The van der Waals surface area contributed by atoms with Gasteiger partial charge in [-0.05, 0) is 30.2 Å². The van der Waals surface area contributed by atoms with Crippen LogP contribution in [0.4, 0.5) is 0 Å². The lowest BCUT2D eigenvalue weighted by Gasteiger charge is -2.12. The molecule has 6 nitrogen and oxygen atoms in total. The summed E-state index contributed by atoms with van der Waals surface area (Å²) in [6.07, 6.45) is 0. The second-order valence-electron chi connectivity index (χ2n) is 5.29. The molecule has 1 N–H and O–H groups in total. The van der Waals surface area contributed by atoms with Crippen molar-refractivity contribution in [1.29, 1.82) is 0 Å². The van der Waals surface area contributed by atoms with Gasteiger partial charge in [0.2, 0.25) is 10.0 Å². The number of sulfonamides is 1. The molecule has 2 rings (SSSR count). The first-order valence-corrected chi connectivity index (χ1v) is 9.35. The fraction of sp³-hybridized carbons (Fsp3) is 0.333. The number of methoxy groups -OCH3 is 2. The van der Waals surface area contributed by atoms with E-state index in [0.717, 1.165) is 11.1 Å². The van der Waals surface area contributed by atoms with Gasteiger partial charge >= 0.3 is 0 Å². The zero-order valence-corrected chi connectivity index (χ0v) is 15.4. The maximum atomic E-state index is 12.6. The zero-order valence-electron chi connectivity index (χ0n) is 14.6. The Hall–Kier alpha value is -2.09. The van der Waals surface area contributed by atoms with Crippen LogP contribution in [0.3, 0.4) is 0 Å². The van der Waals surface area contributed by atoms with E-state index in [9.17, 15) is 8.42 Å². The van der Waals surface area contributed by atoms with Crippen LogP contribution in [0.25, 0.3) is 0 Å². The Kier molecular flexibility index (Phi) is 6.81. The number of ether oxygens (including phenoxy) is 3. The van der Waals surface area contributed by atoms with Gasteiger partial charge < -0.3 is 14.2 Å². The third-order valence-electron chi connectivity index (χ3n) is 3.62. The summed E-state index contributed by atoms with van der Waals surface area (Å²) in [5, 5.41) is 0. The van der Waals surface area contributed by atoms with Gasteiger partial charge in [0.1, 0.15) is 16.4 Å². The molecular weight excluding hydrogens is 342 g/mol. The van der Waals surface area contributed by atoms with Gasteiger partial charge in [0.15, 0.2) is 0 Å². The first-order chi connectivity index (χ1) is 12.0. The second kappa shape index (κ2) is 8.84. The Morgan fingerprint density at radius 2 is 1.64 bits per heavy atom. The smallest absolute Gasteiger partial charge is 0.244 e. The minimum Gasteiger partial charge on any atom is -0.497 e. The van der Waals surface area contributed by atoms with Crippen LogP contribution in [0.1, 0.15) is 18.1 Å². The molecule has 0 fully saturated rings. The van der Waals surface area contributed by atoms with Gasteiger partial charge in [0, 0.05) is 19.2 Å². The Morgan fingerprint density at radius 3 is 2.24 bits per heavy atom. The van der Waals surface area contributed by atoms with Gasteiger partial charge in [0.25, 0.3) is 0 Å². The Bertz CT molecular complexity index is 788. The van der Waals surface area contributed by atoms with Crippen LogP contribution in [-0.4, -0.2) is 29.2 Å². The lowest BCUT2D eigenvalue weighted by atomic mass is 10.1. The first-order valence-electron chi connectivity index (χ1n) is 7.87. The van der Waals surface area contributed by atoms with Crippen LogP contribution in [-0.2, 0) is 27.9 Å². The molecule has 0 saturated heterocycles. The average molecular weight is 365 g/mol. The second-order valence-corrected chi connectivity index (χ2v) is 7.03. The van der Waals surface area contributed by atoms with Crippen molar-refractivity contribution in [2.24, 2.45) is 0 Å². The topological polar surface area (TPSA) is 73.9 Å². The van der Waals surface area contributed by atoms with Crippen LogP contribution >= 0.6 is 0 Å². The van der Waals surface area contributed by atoms with E-state index in [1.54, 1.807) is 12.1 Å². The highest BCUT2D eigenvalue weighted by Crippen LogP contribution is 2.28. The predicted molar refractivity (Wildman–Crippen MR) is 95.3 cm³/mol. The van der Waals surface area contributed by atoms with E-state index < -0.39 is 10.0 Å². The molecule has 0 aromatic heterocycles. The molecule has 0 aliphatic carbocycles. The van der Waals surface area contributed by atoms with E-state index >= 15 is 0 Å². The third-order valence-corrected chi connectivity index (χ3v) is 5.04. The summed E-state index contributed by atoms with van der Waals surface area (Å²) in [5.74, 6) is 0.710. The summed E-state index contributed by atoms with van der Waals surface area (Å²) in [6, 6.07) is 12.2. The largest absolute Gasteiger partial charge is 0.497 e. The van der Waals surface area contributed by atoms with Crippen molar-refractivity contribution in [3.8, 4) is 11.5 Å². The van der Waals surface area contributed by atoms with Crippen molar-refractivity contribution in [2.75, 3.05) is 20.8 Å². The fourth-order valence-corrected chi connectivity index (χ4v) is 3.42. The monoisotopic (exact) mass is 365 g/mol. The summed E-state index contributed by atoms with van der Waals surface area (Å²) in [4.78, 5) is 0.0438. The standard InChI is InChI=1S/C18H23NO5S/c1-4-24-13-15-7-5-14(6-8-15)12-19-25(20,21)18-11-16(22-2)9-10-17(18)23-3/h5-11,19H,4,12-13H2,1-3H3. The number of hydrogen-bond donors (Lipinski definition) is 1. The van der Waals surface area contributed by atoms with Crippen LogP contribution < -0.4 is 14.2 Å². The number of nitrogens with one attached hydrogen (secondary N) is 1. The molecule has 0 aliphatic rings. The first kappa shape index (κ1) is 19.2. The van der Waals surface area contributed by atoms with E-state index in [0.29, 0.717) is 19.0 Å². The highest BCUT2D eigenvalue weighted by Gasteiger charge is 2.20. The molecule has 0 amide bonds. The maximum Gasteiger partial charge on any atom is 0.244 e. The van der Waals surface area contributed by atoms with Gasteiger partial charge in [-0.1, -0.05) is 24.3 Å². The third kappa shape index (κ3) is 5.19. The molecule has 2 aromatic rings. The number of rotatable bonds is 9. The lowest BCUT2D eigenvalue weighted by Crippen LogP contribution is -2.23. The minimum atomic E-state index is -3.74. The Morgan fingerprint density at radius 1 is 0.960 bits per heavy atom. The molecule has 0 saturated carbocycles. The summed E-state index contributed by atoms with van der Waals surface area (Å²) < 4.78 is 43.4. The van der Waals surface area contributed by atoms with Crippen molar-refractivity contribution >= 4 is 10.0 Å². The minimum absolute atomic E-state index is 0.0438. The Balaban J connectivity index is 2.11. The van der Waals surface area contributed by atoms with Crippen molar-refractivity contribution < 1.29 is 22.6 Å². The molecule has 0 radical (unpaired) electrons. The van der Waals surface area contributed by atoms with Crippen LogP contribution in [0, 0.1) is 0 Å². The number of benzene rings is 2.